The second kappa shape index (κ2) is 9.50. The van der Waals surface area contributed by atoms with E-state index >= 15 is 0 Å². The fourth-order valence-corrected chi connectivity index (χ4v) is 5.26. The Hall–Kier alpha value is -3.37. The molecule has 3 aromatic heterocycles. The molecule has 0 amide bonds. The van der Waals surface area contributed by atoms with Gasteiger partial charge in [-0.2, -0.15) is 13.2 Å². The van der Waals surface area contributed by atoms with Crippen molar-refractivity contribution in [2.45, 2.75) is 26.6 Å². The van der Waals surface area contributed by atoms with Gasteiger partial charge in [0.2, 0.25) is 0 Å². The quantitative estimate of drug-likeness (QED) is 0.226. The Morgan fingerprint density at radius 3 is 2.68 bits per heavy atom. The number of nitrogens with zero attached hydrogens (tertiary/aromatic N) is 3. The van der Waals surface area contributed by atoms with Crippen LogP contribution in [0.15, 0.2) is 53.6 Å². The number of pyridine rings is 1. The van der Waals surface area contributed by atoms with E-state index in [1.54, 1.807) is 24.0 Å². The lowest BCUT2D eigenvalue weighted by Gasteiger charge is -2.14. The fraction of sp³-hybridized carbons (Fsp3) is 0.231. The van der Waals surface area contributed by atoms with E-state index in [2.05, 4.69) is 9.71 Å². The zero-order valence-corrected chi connectivity index (χ0v) is 21.8. The molecular formula is C26H23ClF3N5OS. The van der Waals surface area contributed by atoms with Crippen molar-refractivity contribution in [3.05, 3.63) is 81.1 Å². The van der Waals surface area contributed by atoms with Crippen LogP contribution < -0.4 is 10.3 Å². The third-order valence-electron chi connectivity index (χ3n) is 6.26. The molecule has 5 rings (SSSR count). The zero-order chi connectivity index (χ0) is 26.5. The van der Waals surface area contributed by atoms with Crippen molar-refractivity contribution in [1.29, 1.82) is 0 Å². The molecule has 0 saturated heterocycles. The van der Waals surface area contributed by atoms with E-state index in [0.29, 0.717) is 16.9 Å². The first kappa shape index (κ1) is 25.3. The van der Waals surface area contributed by atoms with Crippen molar-refractivity contribution in [3.63, 3.8) is 0 Å². The van der Waals surface area contributed by atoms with Crippen LogP contribution in [-0.2, 0) is 19.8 Å². The average molecular weight is 546 g/mol. The molecule has 3 heterocycles. The SMILES string of the molecule is CCSNc1cc(-c2cn(C)c(=O)c3[nH]ccc23)cc2c1nc(C)n2Cc1ccc(C(F)(F)F)c(Cl)c1. The van der Waals surface area contributed by atoms with E-state index in [1.807, 2.05) is 36.6 Å². The molecule has 5 aromatic rings. The summed E-state index contributed by atoms with van der Waals surface area (Å²) in [5.41, 5.74) is 4.26. The fourth-order valence-electron chi connectivity index (χ4n) is 4.49. The molecule has 2 aromatic carbocycles. The third kappa shape index (κ3) is 4.59. The van der Waals surface area contributed by atoms with Gasteiger partial charge in [-0.15, -0.1) is 0 Å². The molecule has 0 radical (unpaired) electrons. The predicted molar refractivity (Wildman–Crippen MR) is 144 cm³/mol. The van der Waals surface area contributed by atoms with Crippen molar-refractivity contribution in [2.24, 2.45) is 7.05 Å². The Bertz CT molecular complexity index is 1700. The third-order valence-corrected chi connectivity index (χ3v) is 7.22. The van der Waals surface area contributed by atoms with Crippen LogP contribution in [0.3, 0.4) is 0 Å². The van der Waals surface area contributed by atoms with E-state index in [-0.39, 0.29) is 17.1 Å². The maximum atomic E-state index is 13.2. The van der Waals surface area contributed by atoms with E-state index in [0.717, 1.165) is 45.1 Å². The number of rotatable bonds is 6. The van der Waals surface area contributed by atoms with Crippen LogP contribution in [-0.4, -0.2) is 24.9 Å². The lowest BCUT2D eigenvalue weighted by molar-refractivity contribution is -0.137. The van der Waals surface area contributed by atoms with E-state index in [1.165, 1.54) is 24.1 Å². The summed E-state index contributed by atoms with van der Waals surface area (Å²) in [5, 5.41) is 0.461. The van der Waals surface area contributed by atoms with Gasteiger partial charge in [-0.1, -0.05) is 36.5 Å². The normalized spacial score (nSPS) is 12.1. The lowest BCUT2D eigenvalue weighted by Crippen LogP contribution is -2.16. The van der Waals surface area contributed by atoms with Crippen LogP contribution in [0.25, 0.3) is 33.1 Å². The number of hydrogen-bond donors (Lipinski definition) is 2. The van der Waals surface area contributed by atoms with E-state index in [4.69, 9.17) is 16.6 Å². The van der Waals surface area contributed by atoms with Gasteiger partial charge in [0, 0.05) is 42.7 Å². The number of nitrogens with one attached hydrogen (secondary N) is 2. The van der Waals surface area contributed by atoms with Gasteiger partial charge >= 0.3 is 6.18 Å². The first-order valence-electron chi connectivity index (χ1n) is 11.5. The molecular weight excluding hydrogens is 523 g/mol. The highest BCUT2D eigenvalue weighted by Crippen LogP contribution is 2.37. The van der Waals surface area contributed by atoms with Crippen molar-refractivity contribution in [1.82, 2.24) is 19.1 Å². The second-order valence-corrected chi connectivity index (χ2v) is 10.2. The van der Waals surface area contributed by atoms with Crippen molar-refractivity contribution in [2.75, 3.05) is 10.5 Å². The first-order valence-corrected chi connectivity index (χ1v) is 12.9. The summed E-state index contributed by atoms with van der Waals surface area (Å²) in [4.78, 5) is 20.4. The number of H-pyrrole nitrogens is 1. The van der Waals surface area contributed by atoms with E-state index in [9.17, 15) is 18.0 Å². The summed E-state index contributed by atoms with van der Waals surface area (Å²) < 4.78 is 46.4. The van der Waals surface area contributed by atoms with Gasteiger partial charge in [-0.25, -0.2) is 4.98 Å². The number of aromatic amines is 1. The van der Waals surface area contributed by atoms with Crippen molar-refractivity contribution >= 4 is 51.2 Å². The molecule has 2 N–H and O–H groups in total. The summed E-state index contributed by atoms with van der Waals surface area (Å²) in [5.74, 6) is 1.54. The molecule has 0 aliphatic carbocycles. The average Bonchev–Trinajstić information content (AvgIpc) is 3.44. The molecule has 0 atom stereocenters. The summed E-state index contributed by atoms with van der Waals surface area (Å²) in [6, 6.07) is 9.67. The molecule has 6 nitrogen and oxygen atoms in total. The van der Waals surface area contributed by atoms with Crippen molar-refractivity contribution in [3.8, 4) is 11.1 Å². The molecule has 0 bridgehead atoms. The standard InChI is InChI=1S/C26H23ClF3N5OS/c1-4-37-33-21-10-16(18-13-34(3)25(36)23-17(18)7-8-31-23)11-22-24(21)32-14(2)35(22)12-15-5-6-19(20(27)9-15)26(28,29)30/h5-11,13,31,33H,4,12H2,1-3H3. The molecule has 0 unspecified atom stereocenters. The lowest BCUT2D eigenvalue weighted by atomic mass is 10.0. The highest BCUT2D eigenvalue weighted by Gasteiger charge is 2.33. The van der Waals surface area contributed by atoms with E-state index < -0.39 is 11.7 Å². The van der Waals surface area contributed by atoms with Gasteiger partial charge in [-0.3, -0.25) is 4.79 Å². The Morgan fingerprint density at radius 2 is 1.97 bits per heavy atom. The maximum absolute atomic E-state index is 13.2. The molecule has 192 valence electrons. The number of halogens is 4. The summed E-state index contributed by atoms with van der Waals surface area (Å²) in [7, 11) is 1.71. The van der Waals surface area contributed by atoms with Gasteiger partial charge in [0.25, 0.3) is 5.56 Å². The molecule has 0 saturated carbocycles. The number of benzene rings is 2. The summed E-state index contributed by atoms with van der Waals surface area (Å²) >= 11 is 7.51. The minimum absolute atomic E-state index is 0.121. The monoisotopic (exact) mass is 545 g/mol. The number of imidazole rings is 1. The van der Waals surface area contributed by atoms with Crippen LogP contribution in [0, 0.1) is 6.92 Å². The smallest absolute Gasteiger partial charge is 0.357 e. The van der Waals surface area contributed by atoms with Gasteiger partial charge in [0.05, 0.1) is 21.8 Å². The number of alkyl halides is 3. The van der Waals surface area contributed by atoms with Crippen LogP contribution in [0.1, 0.15) is 23.9 Å². The minimum Gasteiger partial charge on any atom is -0.357 e. The van der Waals surface area contributed by atoms with Crippen LogP contribution in [0.2, 0.25) is 5.02 Å². The van der Waals surface area contributed by atoms with Crippen molar-refractivity contribution < 1.29 is 13.2 Å². The Labute approximate surface area is 219 Å². The molecule has 37 heavy (non-hydrogen) atoms. The molecule has 0 aliphatic heterocycles. The Kier molecular flexibility index (Phi) is 6.49. The summed E-state index contributed by atoms with van der Waals surface area (Å²) in [6.45, 7) is 4.18. The number of hydrogen-bond acceptors (Lipinski definition) is 4. The Morgan fingerprint density at radius 1 is 1.19 bits per heavy atom. The largest absolute Gasteiger partial charge is 0.417 e. The molecule has 11 heteroatoms. The van der Waals surface area contributed by atoms with Gasteiger partial charge < -0.3 is 18.8 Å². The predicted octanol–water partition coefficient (Wildman–Crippen LogP) is 6.99. The van der Waals surface area contributed by atoms with Crippen LogP contribution in [0.4, 0.5) is 18.9 Å². The summed E-state index contributed by atoms with van der Waals surface area (Å²) in [6.07, 6.45) is -0.971. The minimum atomic E-state index is -4.51. The highest BCUT2D eigenvalue weighted by atomic mass is 35.5. The number of fused-ring (bicyclic) bond motifs is 2. The second-order valence-electron chi connectivity index (χ2n) is 8.71. The molecule has 0 spiro atoms. The van der Waals surface area contributed by atoms with Crippen LogP contribution >= 0.6 is 23.5 Å². The van der Waals surface area contributed by atoms with Crippen LogP contribution in [0.5, 0.6) is 0 Å². The van der Waals surface area contributed by atoms with Gasteiger partial charge in [0.1, 0.15) is 16.9 Å². The number of aromatic nitrogens is 4. The number of anilines is 1. The molecule has 0 aliphatic rings. The topological polar surface area (TPSA) is 67.6 Å². The van der Waals surface area contributed by atoms with Gasteiger partial charge in [0.15, 0.2) is 0 Å². The first-order chi connectivity index (χ1) is 17.6. The Balaban J connectivity index is 1.69. The highest BCUT2D eigenvalue weighted by molar-refractivity contribution is 8.00. The molecule has 0 fully saturated rings. The maximum Gasteiger partial charge on any atom is 0.417 e. The zero-order valence-electron chi connectivity index (χ0n) is 20.2. The van der Waals surface area contributed by atoms with Gasteiger partial charge in [-0.05, 0) is 48.4 Å². The number of aryl methyl sites for hydroxylation is 2.